The molecule has 0 aromatic heterocycles. The number of benzene rings is 1. The van der Waals surface area contributed by atoms with E-state index in [2.05, 4.69) is 55.4 Å². The van der Waals surface area contributed by atoms with Crippen molar-refractivity contribution >= 4 is 5.97 Å². The lowest BCUT2D eigenvalue weighted by Crippen LogP contribution is -2.38. The van der Waals surface area contributed by atoms with Gasteiger partial charge in [-0.3, -0.25) is 4.79 Å². The maximum atomic E-state index is 11.6. The summed E-state index contributed by atoms with van der Waals surface area (Å²) in [5, 5.41) is 0. The van der Waals surface area contributed by atoms with Crippen LogP contribution in [0.1, 0.15) is 103 Å². The average Bonchev–Trinajstić information content (AvgIpc) is 2.68. The second-order valence-corrected chi connectivity index (χ2v) is 10.7. The van der Waals surface area contributed by atoms with E-state index in [1.807, 2.05) is 6.92 Å². The molecule has 1 aliphatic heterocycles. The zero-order valence-corrected chi connectivity index (χ0v) is 21.1. The lowest BCUT2D eigenvalue weighted by atomic mass is 9.71. The molecule has 0 bridgehead atoms. The molecule has 3 heteroatoms. The third kappa shape index (κ3) is 5.39. The number of ether oxygens (including phenoxy) is 2. The van der Waals surface area contributed by atoms with Crippen LogP contribution in [-0.2, 0) is 11.2 Å². The van der Waals surface area contributed by atoms with Crippen LogP contribution in [0.25, 0.3) is 0 Å². The molecular formula is C27H44O3. The summed E-state index contributed by atoms with van der Waals surface area (Å²) in [7, 11) is 0. The summed E-state index contributed by atoms with van der Waals surface area (Å²) in [6, 6.07) is 0. The van der Waals surface area contributed by atoms with E-state index in [9.17, 15) is 4.79 Å². The number of carbonyl (C=O) groups excluding carboxylic acids is 1. The van der Waals surface area contributed by atoms with Crippen LogP contribution in [0.5, 0.6) is 11.5 Å². The van der Waals surface area contributed by atoms with Crippen LogP contribution in [0.4, 0.5) is 0 Å². The molecule has 0 spiro atoms. The molecule has 1 heterocycles. The molecule has 0 N–H and O–H groups in total. The predicted molar refractivity (Wildman–Crippen MR) is 126 cm³/mol. The molecule has 0 fully saturated rings. The number of esters is 1. The van der Waals surface area contributed by atoms with Gasteiger partial charge in [0.15, 0.2) is 0 Å². The van der Waals surface area contributed by atoms with E-state index in [1.54, 1.807) is 0 Å². The first kappa shape index (κ1) is 24.8. The summed E-state index contributed by atoms with van der Waals surface area (Å²) in [5.74, 6) is 2.93. The van der Waals surface area contributed by atoms with Crippen molar-refractivity contribution < 1.29 is 14.3 Å². The van der Waals surface area contributed by atoms with E-state index >= 15 is 0 Å². The third-order valence-corrected chi connectivity index (χ3v) is 7.87. The van der Waals surface area contributed by atoms with E-state index in [0.717, 1.165) is 53.5 Å². The molecule has 1 aromatic carbocycles. The van der Waals surface area contributed by atoms with Gasteiger partial charge >= 0.3 is 5.97 Å². The maximum Gasteiger partial charge on any atom is 0.308 e. The highest BCUT2D eigenvalue weighted by atomic mass is 16.5. The molecule has 1 aromatic rings. The van der Waals surface area contributed by atoms with Gasteiger partial charge in [-0.25, -0.2) is 0 Å². The van der Waals surface area contributed by atoms with E-state index in [-0.39, 0.29) is 11.6 Å². The molecule has 30 heavy (non-hydrogen) atoms. The Labute approximate surface area is 184 Å². The van der Waals surface area contributed by atoms with Crippen molar-refractivity contribution in [3.05, 3.63) is 22.3 Å². The molecule has 3 atom stereocenters. The highest BCUT2D eigenvalue weighted by Crippen LogP contribution is 2.46. The monoisotopic (exact) mass is 416 g/mol. The summed E-state index contributed by atoms with van der Waals surface area (Å²) >= 11 is 0. The van der Waals surface area contributed by atoms with Gasteiger partial charge in [-0.15, -0.1) is 0 Å². The second-order valence-electron chi connectivity index (χ2n) is 10.7. The van der Waals surface area contributed by atoms with Gasteiger partial charge in [-0.2, -0.15) is 0 Å². The Kier molecular flexibility index (Phi) is 7.69. The van der Waals surface area contributed by atoms with Gasteiger partial charge in [0.05, 0.1) is 0 Å². The van der Waals surface area contributed by atoms with Crippen molar-refractivity contribution in [3.63, 3.8) is 0 Å². The third-order valence-electron chi connectivity index (χ3n) is 7.87. The molecule has 2 rings (SSSR count). The molecular weight excluding hydrogens is 372 g/mol. The SMILES string of the molecule is CC[C@@](C)(CCC1(C)CCc2c(C)c(OC(C)=O)c(C)c(C)c2O1)CC(C)C(C)C. The number of hydrogen-bond acceptors (Lipinski definition) is 3. The molecule has 0 radical (unpaired) electrons. The highest BCUT2D eigenvalue weighted by Gasteiger charge is 2.37. The first-order valence-corrected chi connectivity index (χ1v) is 11.8. The van der Waals surface area contributed by atoms with Gasteiger partial charge in [0.2, 0.25) is 0 Å². The van der Waals surface area contributed by atoms with E-state index in [4.69, 9.17) is 9.47 Å². The van der Waals surface area contributed by atoms with Crippen LogP contribution in [-0.4, -0.2) is 11.6 Å². The minimum Gasteiger partial charge on any atom is -0.487 e. The Bertz CT molecular complexity index is 779. The summed E-state index contributed by atoms with van der Waals surface area (Å²) in [6.07, 6.45) is 6.72. The Balaban J connectivity index is 2.23. The van der Waals surface area contributed by atoms with Crippen LogP contribution >= 0.6 is 0 Å². The zero-order chi connectivity index (χ0) is 22.9. The largest absolute Gasteiger partial charge is 0.487 e. The fourth-order valence-electron chi connectivity index (χ4n) is 4.76. The van der Waals surface area contributed by atoms with E-state index in [0.29, 0.717) is 11.2 Å². The Hall–Kier alpha value is -1.51. The molecule has 170 valence electrons. The first-order valence-electron chi connectivity index (χ1n) is 11.8. The van der Waals surface area contributed by atoms with Crippen LogP contribution in [0.3, 0.4) is 0 Å². The summed E-state index contributed by atoms with van der Waals surface area (Å²) in [4.78, 5) is 11.6. The van der Waals surface area contributed by atoms with Gasteiger partial charge < -0.3 is 9.47 Å². The molecule has 3 nitrogen and oxygen atoms in total. The molecule has 0 amide bonds. The van der Waals surface area contributed by atoms with Gasteiger partial charge in [0.25, 0.3) is 0 Å². The molecule has 0 saturated heterocycles. The van der Waals surface area contributed by atoms with Crippen molar-refractivity contribution in [1.29, 1.82) is 0 Å². The summed E-state index contributed by atoms with van der Waals surface area (Å²) in [5.41, 5.74) is 4.58. The van der Waals surface area contributed by atoms with Crippen molar-refractivity contribution in [3.8, 4) is 11.5 Å². The average molecular weight is 417 g/mol. The molecule has 0 aliphatic carbocycles. The fourth-order valence-corrected chi connectivity index (χ4v) is 4.76. The minimum atomic E-state index is -0.267. The topological polar surface area (TPSA) is 35.5 Å². The highest BCUT2D eigenvalue weighted by molar-refractivity contribution is 5.72. The van der Waals surface area contributed by atoms with E-state index < -0.39 is 0 Å². The van der Waals surface area contributed by atoms with Crippen LogP contribution in [0.15, 0.2) is 0 Å². The van der Waals surface area contributed by atoms with Crippen molar-refractivity contribution in [2.24, 2.45) is 17.3 Å². The first-order chi connectivity index (χ1) is 13.8. The van der Waals surface area contributed by atoms with Gasteiger partial charge in [-0.05, 0) is 93.7 Å². The van der Waals surface area contributed by atoms with Crippen LogP contribution < -0.4 is 9.47 Å². The second kappa shape index (κ2) is 9.32. The maximum absolute atomic E-state index is 11.6. The fraction of sp³-hybridized carbons (Fsp3) is 0.741. The van der Waals surface area contributed by atoms with Gasteiger partial charge in [0.1, 0.15) is 17.1 Å². The van der Waals surface area contributed by atoms with Crippen molar-refractivity contribution in [1.82, 2.24) is 0 Å². The van der Waals surface area contributed by atoms with E-state index in [1.165, 1.54) is 31.7 Å². The number of fused-ring (bicyclic) bond motifs is 1. The Morgan fingerprint density at radius 3 is 2.33 bits per heavy atom. The van der Waals surface area contributed by atoms with Gasteiger partial charge in [0, 0.05) is 12.5 Å². The molecule has 2 unspecified atom stereocenters. The normalized spacial score (nSPS) is 21.6. The van der Waals surface area contributed by atoms with Crippen LogP contribution in [0.2, 0.25) is 0 Å². The Morgan fingerprint density at radius 1 is 1.17 bits per heavy atom. The standard InChI is InChI=1S/C27H44O3/c1-11-26(9,16-18(4)17(2)3)14-15-27(10)13-12-23-21(7)24(29-22(8)28)19(5)20(6)25(23)30-27/h17-18H,11-16H2,1-10H3/t18?,26-,27?/m0/s1. The quantitative estimate of drug-likeness (QED) is 0.325. The lowest BCUT2D eigenvalue weighted by molar-refractivity contribution is -0.132. The smallest absolute Gasteiger partial charge is 0.308 e. The Morgan fingerprint density at radius 2 is 1.80 bits per heavy atom. The van der Waals surface area contributed by atoms with Crippen molar-refractivity contribution in [2.45, 2.75) is 113 Å². The van der Waals surface area contributed by atoms with Crippen LogP contribution in [0, 0.1) is 38.0 Å². The lowest BCUT2D eigenvalue weighted by Gasteiger charge is -2.41. The molecule has 1 aliphatic rings. The summed E-state index contributed by atoms with van der Waals surface area (Å²) < 4.78 is 12.3. The zero-order valence-electron chi connectivity index (χ0n) is 21.1. The number of carbonyl (C=O) groups is 1. The molecule has 0 saturated carbocycles. The summed E-state index contributed by atoms with van der Waals surface area (Å²) in [6.45, 7) is 21.8. The minimum absolute atomic E-state index is 0.142. The number of rotatable bonds is 8. The van der Waals surface area contributed by atoms with Gasteiger partial charge in [-0.1, -0.05) is 41.0 Å². The predicted octanol–water partition coefficient (Wildman–Crippen LogP) is 7.50. The number of hydrogen-bond donors (Lipinski definition) is 0. The van der Waals surface area contributed by atoms with Crippen molar-refractivity contribution in [2.75, 3.05) is 0 Å².